The molecule has 0 fully saturated rings. The molecule has 0 spiro atoms. The number of aldehydes is 1. The third-order valence-electron chi connectivity index (χ3n) is 2.75. The summed E-state index contributed by atoms with van der Waals surface area (Å²) in [5, 5.41) is 0. The van der Waals surface area contributed by atoms with E-state index in [1.807, 2.05) is 26.0 Å². The summed E-state index contributed by atoms with van der Waals surface area (Å²) in [4.78, 5) is 10.6. The molecular formula is C14H14O3. The predicted octanol–water partition coefficient (Wildman–Crippen LogP) is 3.38. The Bertz CT molecular complexity index is 553. The number of carbonyl (C=O) groups is 1. The Morgan fingerprint density at radius 3 is 2.53 bits per heavy atom. The molecule has 0 aliphatic heterocycles. The fourth-order valence-corrected chi connectivity index (χ4v) is 1.84. The molecule has 2 aromatic rings. The van der Waals surface area contributed by atoms with Gasteiger partial charge in [0, 0.05) is 5.56 Å². The van der Waals surface area contributed by atoms with E-state index in [1.165, 1.54) is 0 Å². The molecule has 1 heterocycles. The number of hydrogen-bond acceptors (Lipinski definition) is 3. The molecule has 3 nitrogen and oxygen atoms in total. The molecule has 0 aliphatic carbocycles. The van der Waals surface area contributed by atoms with Crippen LogP contribution in [0.4, 0.5) is 0 Å². The third kappa shape index (κ3) is 2.09. The number of rotatable bonds is 3. The monoisotopic (exact) mass is 230 g/mol. The Hall–Kier alpha value is -2.03. The first-order chi connectivity index (χ1) is 8.15. The van der Waals surface area contributed by atoms with Crippen LogP contribution in [-0.4, -0.2) is 13.4 Å². The van der Waals surface area contributed by atoms with Crippen LogP contribution >= 0.6 is 0 Å². The van der Waals surface area contributed by atoms with E-state index in [2.05, 4.69) is 0 Å². The van der Waals surface area contributed by atoms with Crippen molar-refractivity contribution in [1.29, 1.82) is 0 Å². The van der Waals surface area contributed by atoms with Crippen molar-refractivity contribution in [1.82, 2.24) is 0 Å². The smallest absolute Gasteiger partial charge is 0.185 e. The highest BCUT2D eigenvalue weighted by Gasteiger charge is 2.10. The first-order valence-corrected chi connectivity index (χ1v) is 5.36. The van der Waals surface area contributed by atoms with E-state index in [4.69, 9.17) is 9.15 Å². The highest BCUT2D eigenvalue weighted by Crippen LogP contribution is 2.30. The number of methoxy groups -OCH3 is 1. The molecule has 17 heavy (non-hydrogen) atoms. The second-order valence-corrected chi connectivity index (χ2v) is 3.96. The van der Waals surface area contributed by atoms with Gasteiger partial charge in [-0.2, -0.15) is 0 Å². The molecule has 0 aliphatic rings. The first kappa shape index (κ1) is 11.5. The minimum absolute atomic E-state index is 0.341. The standard InChI is InChI=1S/C14H14O3/c1-9-7-14(16-3)10(2)6-12(9)13-5-4-11(8-15)17-13/h4-8H,1-3H3. The van der Waals surface area contributed by atoms with E-state index in [9.17, 15) is 4.79 Å². The highest BCUT2D eigenvalue weighted by atomic mass is 16.5. The van der Waals surface area contributed by atoms with Crippen LogP contribution in [0, 0.1) is 13.8 Å². The quantitative estimate of drug-likeness (QED) is 0.759. The molecule has 0 unspecified atom stereocenters. The van der Waals surface area contributed by atoms with Crippen molar-refractivity contribution in [2.24, 2.45) is 0 Å². The fourth-order valence-electron chi connectivity index (χ4n) is 1.84. The van der Waals surface area contributed by atoms with Gasteiger partial charge in [-0.05, 0) is 49.2 Å². The fraction of sp³-hybridized carbons (Fsp3) is 0.214. The number of ether oxygens (including phenoxy) is 1. The van der Waals surface area contributed by atoms with Gasteiger partial charge in [0.05, 0.1) is 7.11 Å². The molecule has 0 saturated heterocycles. The van der Waals surface area contributed by atoms with Gasteiger partial charge < -0.3 is 9.15 Å². The Balaban J connectivity index is 2.52. The number of hydrogen-bond donors (Lipinski definition) is 0. The Morgan fingerprint density at radius 1 is 1.18 bits per heavy atom. The normalized spacial score (nSPS) is 10.3. The first-order valence-electron chi connectivity index (χ1n) is 5.36. The second-order valence-electron chi connectivity index (χ2n) is 3.96. The van der Waals surface area contributed by atoms with Gasteiger partial charge in [-0.15, -0.1) is 0 Å². The van der Waals surface area contributed by atoms with Crippen molar-refractivity contribution in [3.63, 3.8) is 0 Å². The lowest BCUT2D eigenvalue weighted by molar-refractivity contribution is 0.110. The van der Waals surface area contributed by atoms with Crippen molar-refractivity contribution in [2.75, 3.05) is 7.11 Å². The number of benzene rings is 1. The van der Waals surface area contributed by atoms with Crippen molar-refractivity contribution in [3.8, 4) is 17.1 Å². The Kier molecular flexibility index (Phi) is 3.00. The van der Waals surface area contributed by atoms with Crippen LogP contribution in [0.5, 0.6) is 5.75 Å². The van der Waals surface area contributed by atoms with Crippen LogP contribution in [0.2, 0.25) is 0 Å². The summed E-state index contributed by atoms with van der Waals surface area (Å²) < 4.78 is 10.7. The SMILES string of the molecule is COc1cc(C)c(-c2ccc(C=O)o2)cc1C. The summed E-state index contributed by atoms with van der Waals surface area (Å²) in [5.41, 5.74) is 3.08. The average Bonchev–Trinajstić information content (AvgIpc) is 2.80. The lowest BCUT2D eigenvalue weighted by Gasteiger charge is -2.09. The van der Waals surface area contributed by atoms with Gasteiger partial charge >= 0.3 is 0 Å². The summed E-state index contributed by atoms with van der Waals surface area (Å²) in [6.07, 6.45) is 0.704. The number of carbonyl (C=O) groups excluding carboxylic acids is 1. The van der Waals surface area contributed by atoms with Crippen molar-refractivity contribution in [3.05, 3.63) is 41.2 Å². The van der Waals surface area contributed by atoms with Crippen molar-refractivity contribution >= 4 is 6.29 Å². The van der Waals surface area contributed by atoms with Gasteiger partial charge in [0.2, 0.25) is 0 Å². The molecule has 0 bridgehead atoms. The molecule has 0 N–H and O–H groups in total. The van der Waals surface area contributed by atoms with Gasteiger partial charge in [-0.25, -0.2) is 0 Å². The lowest BCUT2D eigenvalue weighted by atomic mass is 10.0. The largest absolute Gasteiger partial charge is 0.496 e. The lowest BCUT2D eigenvalue weighted by Crippen LogP contribution is -1.90. The molecule has 0 radical (unpaired) electrons. The molecule has 88 valence electrons. The van der Waals surface area contributed by atoms with Crippen LogP contribution in [0.15, 0.2) is 28.7 Å². The molecule has 1 aromatic heterocycles. The maximum atomic E-state index is 10.6. The van der Waals surface area contributed by atoms with E-state index in [1.54, 1.807) is 19.2 Å². The Morgan fingerprint density at radius 2 is 1.94 bits per heavy atom. The van der Waals surface area contributed by atoms with Gasteiger partial charge in [-0.1, -0.05) is 0 Å². The van der Waals surface area contributed by atoms with Crippen LogP contribution in [0.25, 0.3) is 11.3 Å². The predicted molar refractivity (Wildman–Crippen MR) is 65.6 cm³/mol. The zero-order valence-electron chi connectivity index (χ0n) is 10.1. The average molecular weight is 230 g/mol. The molecule has 0 atom stereocenters. The summed E-state index contributed by atoms with van der Waals surface area (Å²) in [6, 6.07) is 7.44. The topological polar surface area (TPSA) is 39.4 Å². The van der Waals surface area contributed by atoms with Crippen molar-refractivity contribution < 1.29 is 13.9 Å². The van der Waals surface area contributed by atoms with Gasteiger partial charge in [0.25, 0.3) is 0 Å². The molecule has 1 aromatic carbocycles. The van der Waals surface area contributed by atoms with E-state index in [-0.39, 0.29) is 0 Å². The van der Waals surface area contributed by atoms with Gasteiger partial charge in [-0.3, -0.25) is 4.79 Å². The minimum atomic E-state index is 0.341. The van der Waals surface area contributed by atoms with Crippen LogP contribution in [0.1, 0.15) is 21.7 Å². The van der Waals surface area contributed by atoms with Gasteiger partial charge in [0.1, 0.15) is 11.5 Å². The third-order valence-corrected chi connectivity index (χ3v) is 2.75. The van der Waals surface area contributed by atoms with E-state index < -0.39 is 0 Å². The maximum absolute atomic E-state index is 10.6. The molecule has 3 heteroatoms. The van der Waals surface area contributed by atoms with Crippen molar-refractivity contribution in [2.45, 2.75) is 13.8 Å². The molecule has 2 rings (SSSR count). The number of furan rings is 1. The van der Waals surface area contributed by atoms with E-state index in [0.717, 1.165) is 22.4 Å². The van der Waals surface area contributed by atoms with Gasteiger partial charge in [0.15, 0.2) is 12.0 Å². The zero-order chi connectivity index (χ0) is 12.4. The molecular weight excluding hydrogens is 216 g/mol. The minimum Gasteiger partial charge on any atom is -0.496 e. The summed E-state index contributed by atoms with van der Waals surface area (Å²) in [5.74, 6) is 1.90. The van der Waals surface area contributed by atoms with Crippen LogP contribution in [-0.2, 0) is 0 Å². The summed E-state index contributed by atoms with van der Waals surface area (Å²) in [6.45, 7) is 3.96. The highest BCUT2D eigenvalue weighted by molar-refractivity contribution is 5.74. The molecule has 0 saturated carbocycles. The summed E-state index contributed by atoms with van der Waals surface area (Å²) >= 11 is 0. The zero-order valence-corrected chi connectivity index (χ0v) is 10.1. The van der Waals surface area contributed by atoms with E-state index in [0.29, 0.717) is 17.8 Å². The van der Waals surface area contributed by atoms with Crippen LogP contribution in [0.3, 0.4) is 0 Å². The number of aryl methyl sites for hydroxylation is 2. The summed E-state index contributed by atoms with van der Waals surface area (Å²) in [7, 11) is 1.65. The molecule has 0 amide bonds. The maximum Gasteiger partial charge on any atom is 0.185 e. The van der Waals surface area contributed by atoms with E-state index >= 15 is 0 Å². The second kappa shape index (κ2) is 4.45. The van der Waals surface area contributed by atoms with Crippen LogP contribution < -0.4 is 4.74 Å². The Labute approximate surface area is 100 Å².